The van der Waals surface area contributed by atoms with Crippen LogP contribution < -0.4 is 0 Å². The second-order valence-corrected chi connectivity index (χ2v) is 4.48. The molecule has 0 atom stereocenters. The Kier molecular flexibility index (Phi) is 14.8. The third-order valence-electron chi connectivity index (χ3n) is 2.81. The molecular formula is C14H29FO. The summed E-state index contributed by atoms with van der Waals surface area (Å²) in [4.78, 5) is 0. The predicted molar refractivity (Wildman–Crippen MR) is 68.6 cm³/mol. The largest absolute Gasteiger partial charge is 0.381 e. The first kappa shape index (κ1) is 15.9. The SMILES string of the molecule is CCCCCCCCCCCOCCCF. The summed E-state index contributed by atoms with van der Waals surface area (Å²) in [6, 6.07) is 0. The van der Waals surface area contributed by atoms with Crippen LogP contribution in [0.25, 0.3) is 0 Å². The van der Waals surface area contributed by atoms with Crippen LogP contribution in [0.2, 0.25) is 0 Å². The van der Waals surface area contributed by atoms with E-state index in [0.717, 1.165) is 13.0 Å². The van der Waals surface area contributed by atoms with Crippen LogP contribution in [0.4, 0.5) is 4.39 Å². The molecule has 16 heavy (non-hydrogen) atoms. The molecule has 0 spiro atoms. The first-order valence-corrected chi connectivity index (χ1v) is 7.05. The Labute approximate surface area is 101 Å². The maximum Gasteiger partial charge on any atom is 0.0916 e. The molecule has 2 heteroatoms. The fraction of sp³-hybridized carbons (Fsp3) is 1.00. The van der Waals surface area contributed by atoms with Crippen molar-refractivity contribution in [3.05, 3.63) is 0 Å². The second-order valence-electron chi connectivity index (χ2n) is 4.48. The van der Waals surface area contributed by atoms with Gasteiger partial charge in [0.1, 0.15) is 0 Å². The molecule has 0 aromatic heterocycles. The van der Waals surface area contributed by atoms with Crippen molar-refractivity contribution in [2.75, 3.05) is 19.9 Å². The van der Waals surface area contributed by atoms with Crippen LogP contribution in [0, 0.1) is 0 Å². The molecule has 0 rings (SSSR count). The number of hydrogen-bond acceptors (Lipinski definition) is 1. The van der Waals surface area contributed by atoms with Gasteiger partial charge < -0.3 is 4.74 Å². The van der Waals surface area contributed by atoms with Crippen LogP contribution in [0.15, 0.2) is 0 Å². The Morgan fingerprint density at radius 1 is 0.688 bits per heavy atom. The van der Waals surface area contributed by atoms with Gasteiger partial charge >= 0.3 is 0 Å². The molecule has 0 saturated heterocycles. The topological polar surface area (TPSA) is 9.23 Å². The molecule has 0 heterocycles. The zero-order valence-corrected chi connectivity index (χ0v) is 11.0. The fourth-order valence-corrected chi connectivity index (χ4v) is 1.77. The lowest BCUT2D eigenvalue weighted by Gasteiger charge is -2.03. The quantitative estimate of drug-likeness (QED) is 0.411. The van der Waals surface area contributed by atoms with Crippen LogP contribution in [0.3, 0.4) is 0 Å². The maximum absolute atomic E-state index is 11.7. The molecule has 1 nitrogen and oxygen atoms in total. The van der Waals surface area contributed by atoms with Gasteiger partial charge in [0.05, 0.1) is 6.67 Å². The number of ether oxygens (including phenoxy) is 1. The first-order chi connectivity index (χ1) is 7.91. The highest BCUT2D eigenvalue weighted by Crippen LogP contribution is 2.09. The Morgan fingerprint density at radius 2 is 1.19 bits per heavy atom. The van der Waals surface area contributed by atoms with Crippen LogP contribution in [0.1, 0.15) is 71.1 Å². The summed E-state index contributed by atoms with van der Waals surface area (Å²) in [5.74, 6) is 0. The van der Waals surface area contributed by atoms with E-state index in [1.54, 1.807) is 0 Å². The van der Waals surface area contributed by atoms with E-state index in [0.29, 0.717) is 13.0 Å². The van der Waals surface area contributed by atoms with Gasteiger partial charge in [-0.2, -0.15) is 0 Å². The van der Waals surface area contributed by atoms with E-state index in [9.17, 15) is 4.39 Å². The number of alkyl halides is 1. The number of halogens is 1. The average Bonchev–Trinajstić information content (AvgIpc) is 2.31. The first-order valence-electron chi connectivity index (χ1n) is 7.05. The third-order valence-corrected chi connectivity index (χ3v) is 2.81. The lowest BCUT2D eigenvalue weighted by Crippen LogP contribution is -1.97. The number of hydrogen-bond donors (Lipinski definition) is 0. The molecule has 0 saturated carbocycles. The van der Waals surface area contributed by atoms with E-state index < -0.39 is 0 Å². The number of unbranched alkanes of at least 4 members (excludes halogenated alkanes) is 8. The lowest BCUT2D eigenvalue weighted by molar-refractivity contribution is 0.122. The van der Waals surface area contributed by atoms with Crippen molar-refractivity contribution in [2.45, 2.75) is 71.1 Å². The van der Waals surface area contributed by atoms with E-state index in [-0.39, 0.29) is 6.67 Å². The van der Waals surface area contributed by atoms with Gasteiger partial charge in [-0.25, -0.2) is 0 Å². The van der Waals surface area contributed by atoms with Gasteiger partial charge in [0, 0.05) is 13.2 Å². The van der Waals surface area contributed by atoms with Crippen LogP contribution in [0.5, 0.6) is 0 Å². The molecule has 0 unspecified atom stereocenters. The molecule has 0 fully saturated rings. The minimum Gasteiger partial charge on any atom is -0.381 e. The van der Waals surface area contributed by atoms with Gasteiger partial charge in [0.25, 0.3) is 0 Å². The molecular weight excluding hydrogens is 203 g/mol. The summed E-state index contributed by atoms with van der Waals surface area (Å²) in [6.07, 6.45) is 12.6. The monoisotopic (exact) mass is 232 g/mol. The number of rotatable bonds is 13. The van der Waals surface area contributed by atoms with Crippen molar-refractivity contribution in [2.24, 2.45) is 0 Å². The van der Waals surface area contributed by atoms with Gasteiger partial charge in [-0.1, -0.05) is 58.3 Å². The summed E-state index contributed by atoms with van der Waals surface area (Å²) >= 11 is 0. The summed E-state index contributed by atoms with van der Waals surface area (Å²) in [5.41, 5.74) is 0. The zero-order chi connectivity index (χ0) is 11.9. The molecule has 98 valence electrons. The van der Waals surface area contributed by atoms with Crippen molar-refractivity contribution in [3.8, 4) is 0 Å². The minimum atomic E-state index is -0.252. The summed E-state index contributed by atoms with van der Waals surface area (Å²) < 4.78 is 17.0. The van der Waals surface area contributed by atoms with Crippen molar-refractivity contribution < 1.29 is 9.13 Å². The second kappa shape index (κ2) is 14.9. The molecule has 0 aromatic rings. The lowest BCUT2D eigenvalue weighted by atomic mass is 10.1. The normalized spacial score (nSPS) is 10.9. The molecule has 0 aliphatic heterocycles. The molecule has 0 aliphatic carbocycles. The molecule has 0 amide bonds. The fourth-order valence-electron chi connectivity index (χ4n) is 1.77. The van der Waals surface area contributed by atoms with Crippen molar-refractivity contribution >= 4 is 0 Å². The zero-order valence-electron chi connectivity index (χ0n) is 11.0. The standard InChI is InChI=1S/C14H29FO/c1-2-3-4-5-6-7-8-9-10-13-16-14-11-12-15/h2-14H2,1H3. The van der Waals surface area contributed by atoms with Crippen LogP contribution >= 0.6 is 0 Å². The van der Waals surface area contributed by atoms with E-state index in [1.807, 2.05) is 0 Å². The van der Waals surface area contributed by atoms with Gasteiger partial charge in [0.2, 0.25) is 0 Å². The molecule has 0 N–H and O–H groups in total. The summed E-state index contributed by atoms with van der Waals surface area (Å²) in [7, 11) is 0. The van der Waals surface area contributed by atoms with Crippen molar-refractivity contribution in [1.82, 2.24) is 0 Å². The highest BCUT2D eigenvalue weighted by atomic mass is 19.1. The summed E-state index contributed by atoms with van der Waals surface area (Å²) in [6.45, 7) is 3.41. The Morgan fingerprint density at radius 3 is 1.75 bits per heavy atom. The maximum atomic E-state index is 11.7. The smallest absolute Gasteiger partial charge is 0.0916 e. The molecule has 0 aromatic carbocycles. The van der Waals surface area contributed by atoms with Crippen LogP contribution in [-0.4, -0.2) is 19.9 Å². The van der Waals surface area contributed by atoms with E-state index in [1.165, 1.54) is 51.4 Å². The van der Waals surface area contributed by atoms with E-state index in [2.05, 4.69) is 6.92 Å². The van der Waals surface area contributed by atoms with Crippen LogP contribution in [-0.2, 0) is 4.74 Å². The minimum absolute atomic E-state index is 0.252. The average molecular weight is 232 g/mol. The predicted octanol–water partition coefficient (Wildman–Crippen LogP) is 4.89. The van der Waals surface area contributed by atoms with Gasteiger partial charge in [-0.05, 0) is 12.8 Å². The highest BCUT2D eigenvalue weighted by Gasteiger charge is 1.92. The van der Waals surface area contributed by atoms with Crippen molar-refractivity contribution in [3.63, 3.8) is 0 Å². The van der Waals surface area contributed by atoms with E-state index >= 15 is 0 Å². The molecule has 0 bridgehead atoms. The highest BCUT2D eigenvalue weighted by molar-refractivity contribution is 4.46. The molecule has 0 radical (unpaired) electrons. The third kappa shape index (κ3) is 13.9. The van der Waals surface area contributed by atoms with Gasteiger partial charge in [0.15, 0.2) is 0 Å². The van der Waals surface area contributed by atoms with Crippen molar-refractivity contribution in [1.29, 1.82) is 0 Å². The summed E-state index contributed by atoms with van der Waals surface area (Å²) in [5, 5.41) is 0. The van der Waals surface area contributed by atoms with E-state index in [4.69, 9.17) is 4.74 Å². The van der Waals surface area contributed by atoms with Gasteiger partial charge in [-0.3, -0.25) is 4.39 Å². The Bertz CT molecular complexity index is 103. The Hall–Kier alpha value is -0.110. The molecule has 0 aliphatic rings. The Balaban J connectivity index is 2.83. The van der Waals surface area contributed by atoms with Gasteiger partial charge in [-0.15, -0.1) is 0 Å².